The second-order valence-electron chi connectivity index (χ2n) is 7.85. The van der Waals surface area contributed by atoms with Crippen molar-refractivity contribution in [2.75, 3.05) is 11.9 Å². The highest BCUT2D eigenvalue weighted by Crippen LogP contribution is 2.35. The van der Waals surface area contributed by atoms with Crippen LogP contribution in [0.2, 0.25) is 5.02 Å². The molecule has 0 aliphatic carbocycles. The third-order valence-corrected chi connectivity index (χ3v) is 5.28. The minimum atomic E-state index is -0.484. The molecule has 0 radical (unpaired) electrons. The number of allylic oxidation sites excluding steroid dienone is 1. The maximum absolute atomic E-state index is 12.7. The summed E-state index contributed by atoms with van der Waals surface area (Å²) in [5.74, 6) is 0.630. The first-order valence-electron chi connectivity index (χ1n) is 11.2. The molecule has 6 heteroatoms. The van der Waals surface area contributed by atoms with Crippen LogP contribution in [0.15, 0.2) is 78.9 Å². The van der Waals surface area contributed by atoms with Crippen LogP contribution in [0.1, 0.15) is 29.2 Å². The van der Waals surface area contributed by atoms with Crippen molar-refractivity contribution in [1.82, 2.24) is 0 Å². The highest BCUT2D eigenvalue weighted by atomic mass is 35.5. The number of aryl methyl sites for hydroxylation is 1. The molecule has 0 unspecified atom stereocenters. The van der Waals surface area contributed by atoms with Gasteiger partial charge < -0.3 is 14.8 Å². The number of ether oxygens (including phenoxy) is 2. The molecular formula is C29H27ClN2O3. The van der Waals surface area contributed by atoms with E-state index < -0.39 is 5.91 Å². The largest absolute Gasteiger partial charge is 0.490 e. The molecule has 0 saturated heterocycles. The fraction of sp³-hybridized carbons (Fsp3) is 0.172. The van der Waals surface area contributed by atoms with Crippen LogP contribution in [0.4, 0.5) is 5.69 Å². The van der Waals surface area contributed by atoms with Crippen molar-refractivity contribution in [3.8, 4) is 17.6 Å². The van der Waals surface area contributed by atoms with Crippen molar-refractivity contribution in [3.63, 3.8) is 0 Å². The number of rotatable bonds is 10. The van der Waals surface area contributed by atoms with Crippen molar-refractivity contribution >= 4 is 29.3 Å². The minimum Gasteiger partial charge on any atom is -0.490 e. The maximum Gasteiger partial charge on any atom is 0.266 e. The maximum atomic E-state index is 12.7. The van der Waals surface area contributed by atoms with E-state index in [4.69, 9.17) is 21.1 Å². The summed E-state index contributed by atoms with van der Waals surface area (Å²) >= 11 is 6.10. The van der Waals surface area contributed by atoms with E-state index in [1.54, 1.807) is 24.3 Å². The van der Waals surface area contributed by atoms with E-state index in [-0.39, 0.29) is 5.57 Å². The van der Waals surface area contributed by atoms with E-state index in [1.165, 1.54) is 0 Å². The van der Waals surface area contributed by atoms with Gasteiger partial charge in [0.25, 0.3) is 5.91 Å². The lowest BCUT2D eigenvalue weighted by Crippen LogP contribution is -2.13. The lowest BCUT2D eigenvalue weighted by Gasteiger charge is -2.17. The van der Waals surface area contributed by atoms with Crippen molar-refractivity contribution < 1.29 is 14.3 Å². The number of nitrogens with zero attached hydrogens (tertiary/aromatic N) is 1. The first-order chi connectivity index (χ1) is 16.9. The van der Waals surface area contributed by atoms with Gasteiger partial charge in [-0.25, -0.2) is 0 Å². The summed E-state index contributed by atoms with van der Waals surface area (Å²) < 4.78 is 12.0. The Bertz CT molecular complexity index is 1290. The summed E-state index contributed by atoms with van der Waals surface area (Å²) in [6.07, 6.45) is 3.82. The predicted molar refractivity (Wildman–Crippen MR) is 141 cm³/mol. The Kier molecular flexibility index (Phi) is 9.11. The molecule has 178 valence electrons. The van der Waals surface area contributed by atoms with Crippen LogP contribution in [-0.4, -0.2) is 12.5 Å². The molecule has 5 nitrogen and oxygen atoms in total. The summed E-state index contributed by atoms with van der Waals surface area (Å²) in [4.78, 5) is 12.7. The summed E-state index contributed by atoms with van der Waals surface area (Å²) in [5.41, 5.74) is 4.02. The predicted octanol–water partition coefficient (Wildman–Crippen LogP) is 6.90. The number of nitrogens with one attached hydrogen (secondary N) is 1. The lowest BCUT2D eigenvalue weighted by molar-refractivity contribution is -0.112. The zero-order valence-corrected chi connectivity index (χ0v) is 20.6. The number of anilines is 1. The van der Waals surface area contributed by atoms with Gasteiger partial charge in [0.05, 0.1) is 6.61 Å². The smallest absolute Gasteiger partial charge is 0.266 e. The van der Waals surface area contributed by atoms with Gasteiger partial charge in [-0.05, 0) is 79.4 Å². The first-order valence-corrected chi connectivity index (χ1v) is 11.6. The van der Waals surface area contributed by atoms with E-state index in [0.29, 0.717) is 47.4 Å². The van der Waals surface area contributed by atoms with Gasteiger partial charge >= 0.3 is 0 Å². The van der Waals surface area contributed by atoms with Crippen molar-refractivity contribution in [1.29, 1.82) is 5.26 Å². The van der Waals surface area contributed by atoms with Crippen LogP contribution in [0.25, 0.3) is 6.08 Å². The van der Waals surface area contributed by atoms with E-state index in [9.17, 15) is 10.1 Å². The van der Waals surface area contributed by atoms with Crippen LogP contribution in [0.5, 0.6) is 11.5 Å². The van der Waals surface area contributed by atoms with Crippen LogP contribution in [-0.2, 0) is 17.8 Å². The molecule has 0 aliphatic heterocycles. The van der Waals surface area contributed by atoms with Gasteiger partial charge in [0.2, 0.25) is 0 Å². The van der Waals surface area contributed by atoms with Gasteiger partial charge in [-0.15, -0.1) is 6.58 Å². The number of amides is 1. The van der Waals surface area contributed by atoms with Crippen LogP contribution >= 0.6 is 11.6 Å². The van der Waals surface area contributed by atoms with E-state index >= 15 is 0 Å². The summed E-state index contributed by atoms with van der Waals surface area (Å²) in [7, 11) is 0. The molecule has 0 aromatic heterocycles. The highest BCUT2D eigenvalue weighted by molar-refractivity contribution is 6.30. The van der Waals surface area contributed by atoms with E-state index in [0.717, 1.165) is 16.7 Å². The van der Waals surface area contributed by atoms with E-state index in [2.05, 4.69) is 11.9 Å². The van der Waals surface area contributed by atoms with Crippen molar-refractivity contribution in [2.45, 2.75) is 26.9 Å². The van der Waals surface area contributed by atoms with Crippen LogP contribution in [0.3, 0.4) is 0 Å². The molecule has 0 saturated carbocycles. The number of carbonyl (C=O) groups excluding carboxylic acids is 1. The molecule has 3 aromatic carbocycles. The molecule has 3 aromatic rings. The molecule has 0 aliphatic rings. The van der Waals surface area contributed by atoms with Crippen LogP contribution < -0.4 is 14.8 Å². The van der Waals surface area contributed by atoms with Gasteiger partial charge in [0.1, 0.15) is 18.2 Å². The van der Waals surface area contributed by atoms with E-state index in [1.807, 2.05) is 68.4 Å². The standard InChI is InChI=1S/C29H27ClN2O3/c1-4-8-23-14-22(15-24(18-31)29(33)32-26-12-6-9-20(3)13-26)17-27(34-5-2)28(23)35-19-21-10-7-11-25(30)16-21/h4,6-7,9-17H,1,5,8,19H2,2-3H3,(H,32,33)/b24-15+. The molecule has 1 N–H and O–H groups in total. The molecule has 0 spiro atoms. The number of nitriles is 1. The molecular weight excluding hydrogens is 460 g/mol. The Labute approximate surface area is 211 Å². The quantitative estimate of drug-likeness (QED) is 0.192. The SMILES string of the molecule is C=CCc1cc(/C=C(\C#N)C(=O)Nc2cccc(C)c2)cc(OCC)c1OCc1cccc(Cl)c1. The number of hydrogen-bond donors (Lipinski definition) is 1. The normalized spacial score (nSPS) is 10.9. The number of benzene rings is 3. The summed E-state index contributed by atoms with van der Waals surface area (Å²) in [5, 5.41) is 13.1. The molecule has 0 heterocycles. The minimum absolute atomic E-state index is 0.0221. The fourth-order valence-corrected chi connectivity index (χ4v) is 3.73. The highest BCUT2D eigenvalue weighted by Gasteiger charge is 2.15. The van der Waals surface area contributed by atoms with Gasteiger partial charge in [-0.3, -0.25) is 4.79 Å². The average molecular weight is 487 g/mol. The topological polar surface area (TPSA) is 71.4 Å². The van der Waals surface area contributed by atoms with Crippen LogP contribution in [0, 0.1) is 18.3 Å². The zero-order valence-electron chi connectivity index (χ0n) is 19.8. The fourth-order valence-electron chi connectivity index (χ4n) is 3.52. The zero-order chi connectivity index (χ0) is 25.2. The molecule has 35 heavy (non-hydrogen) atoms. The molecule has 1 amide bonds. The van der Waals surface area contributed by atoms with Gasteiger partial charge in [0.15, 0.2) is 11.5 Å². The molecule has 3 rings (SSSR count). The number of hydrogen-bond acceptors (Lipinski definition) is 4. The van der Waals surface area contributed by atoms with Crippen molar-refractivity contribution in [3.05, 3.63) is 106 Å². The first kappa shape index (κ1) is 25.6. The van der Waals surface area contributed by atoms with Crippen molar-refractivity contribution in [2.24, 2.45) is 0 Å². The monoisotopic (exact) mass is 486 g/mol. The van der Waals surface area contributed by atoms with Gasteiger partial charge in [-0.1, -0.05) is 41.9 Å². The number of halogens is 1. The van der Waals surface area contributed by atoms with Gasteiger partial charge in [-0.2, -0.15) is 5.26 Å². The Morgan fingerprint density at radius 1 is 1.14 bits per heavy atom. The Morgan fingerprint density at radius 2 is 1.94 bits per heavy atom. The molecule has 0 atom stereocenters. The third-order valence-electron chi connectivity index (χ3n) is 5.04. The Hall–Kier alpha value is -4.01. The number of carbonyl (C=O) groups is 1. The second-order valence-corrected chi connectivity index (χ2v) is 8.28. The lowest BCUT2D eigenvalue weighted by atomic mass is 10.0. The molecule has 0 bridgehead atoms. The third kappa shape index (κ3) is 7.23. The second kappa shape index (κ2) is 12.5. The average Bonchev–Trinajstić information content (AvgIpc) is 2.82. The Balaban J connectivity index is 1.93. The Morgan fingerprint density at radius 3 is 2.63 bits per heavy atom. The summed E-state index contributed by atoms with van der Waals surface area (Å²) in [6.45, 7) is 8.39. The molecule has 0 fully saturated rings. The summed E-state index contributed by atoms with van der Waals surface area (Å²) in [6, 6.07) is 20.5. The van der Waals surface area contributed by atoms with Gasteiger partial charge in [0, 0.05) is 16.3 Å².